The maximum absolute atomic E-state index is 5.96. The number of nitrogen functional groups attached to an aromatic ring is 3. The van der Waals surface area contributed by atoms with Gasteiger partial charge >= 0.3 is 0 Å². The molecule has 2 aliphatic rings. The highest BCUT2D eigenvalue weighted by Gasteiger charge is 2.23. The van der Waals surface area contributed by atoms with Gasteiger partial charge in [-0.25, -0.2) is 0 Å². The van der Waals surface area contributed by atoms with Crippen LogP contribution in [0, 0.1) is 32.6 Å². The van der Waals surface area contributed by atoms with Gasteiger partial charge in [-0.2, -0.15) is 58.7 Å². The molecule has 0 radical (unpaired) electrons. The predicted molar refractivity (Wildman–Crippen MR) is 308 cm³/mol. The van der Waals surface area contributed by atoms with E-state index in [4.69, 9.17) is 61.5 Å². The van der Waals surface area contributed by atoms with Gasteiger partial charge in [0.25, 0.3) is 0 Å². The van der Waals surface area contributed by atoms with E-state index in [0.29, 0.717) is 90.1 Å². The fourth-order valence-electron chi connectivity index (χ4n) is 9.27. The van der Waals surface area contributed by atoms with Gasteiger partial charge in [0.2, 0.25) is 35.3 Å². The summed E-state index contributed by atoms with van der Waals surface area (Å²) in [6, 6.07) is 28.9. The van der Waals surface area contributed by atoms with Crippen molar-refractivity contribution in [3.8, 4) is 34.8 Å². The van der Waals surface area contributed by atoms with Crippen molar-refractivity contribution in [1.82, 2.24) is 73.7 Å². The molecule has 0 bridgehead atoms. The Morgan fingerprint density at radius 3 is 1.07 bits per heavy atom. The summed E-state index contributed by atoms with van der Waals surface area (Å²) >= 11 is 5.86. The second-order valence-corrected chi connectivity index (χ2v) is 20.9. The zero-order chi connectivity index (χ0) is 57.0. The maximum atomic E-state index is 5.96. The zero-order valence-corrected chi connectivity index (χ0v) is 46.6. The fourth-order valence-corrected chi connectivity index (χ4v) is 9.42. The number of furan rings is 3. The molecule has 12 aromatic heterocycles. The van der Waals surface area contributed by atoms with Crippen LogP contribution in [0.2, 0.25) is 0 Å². The summed E-state index contributed by atoms with van der Waals surface area (Å²) in [6.45, 7) is 8.36. The van der Waals surface area contributed by atoms with Crippen LogP contribution in [0.4, 0.5) is 17.8 Å². The molecule has 12 aromatic rings. The summed E-state index contributed by atoms with van der Waals surface area (Å²) < 4.78 is 33.5. The lowest BCUT2D eigenvalue weighted by Gasteiger charge is -2.06. The Bertz CT molecular complexity index is 4050. The first-order valence-electron chi connectivity index (χ1n) is 27.2. The lowest BCUT2D eigenvalue weighted by atomic mass is 10.1. The number of nitrogens with two attached hydrogens (primary N) is 3. The van der Waals surface area contributed by atoms with E-state index in [2.05, 4.69) is 50.2 Å². The third-order valence-corrected chi connectivity index (χ3v) is 14.0. The molecule has 0 atom stereocenters. The Morgan fingerprint density at radius 1 is 0.434 bits per heavy atom. The fraction of sp³-hybridized carbons (Fsp3) is 0.288. The molecule has 24 heteroatoms. The van der Waals surface area contributed by atoms with Crippen molar-refractivity contribution >= 4 is 46.4 Å². The van der Waals surface area contributed by atoms with Crippen molar-refractivity contribution < 1.29 is 22.7 Å². The first-order valence-corrected chi connectivity index (χ1v) is 27.8. The minimum absolute atomic E-state index is 0.167. The van der Waals surface area contributed by atoms with E-state index in [1.54, 1.807) is 32.1 Å². The van der Waals surface area contributed by atoms with Gasteiger partial charge in [-0.3, -0.25) is 15.0 Å². The number of aryl methyl sites for hydroxylation is 3. The highest BCUT2D eigenvalue weighted by molar-refractivity contribution is 6.16. The lowest BCUT2D eigenvalue weighted by molar-refractivity contribution is 0.108. The standard InChI is InChI=1S/2C21H22N6O2.C17H15ClN6O/c2*1-13-5-8-18(29-13)20-26-21(22)25-19-15(10-23-27(19)20)9-16-3-2-4-17(24-16)12-28-11-14-6-7-14;1-10-5-6-14(25-10)16-23-17(19)22-15-11(9-20-24(15)16)7-12-3-2-4-13(8-18)21-12/h2*2-5,8,10,14H,6-7,9,11-12H2,1H3,(H2,22,25);2-6,9H,7-8H2,1H3,(H2,19,22). The molecule has 14 rings (SSSR count). The summed E-state index contributed by atoms with van der Waals surface area (Å²) in [6.07, 6.45) is 12.2. The lowest BCUT2D eigenvalue weighted by Crippen LogP contribution is -2.05. The molecule has 0 saturated heterocycles. The Balaban J connectivity index is 0.000000123. The smallest absolute Gasteiger partial charge is 0.224 e. The van der Waals surface area contributed by atoms with Crippen molar-refractivity contribution in [1.29, 1.82) is 0 Å². The molecular formula is C59H59ClN18O5. The van der Waals surface area contributed by atoms with E-state index in [0.717, 1.165) is 93.2 Å². The van der Waals surface area contributed by atoms with E-state index in [-0.39, 0.29) is 17.8 Å². The second kappa shape index (κ2) is 23.9. The number of alkyl halides is 1. The van der Waals surface area contributed by atoms with Crippen molar-refractivity contribution in [3.63, 3.8) is 0 Å². The number of aromatic nitrogens is 15. The van der Waals surface area contributed by atoms with Gasteiger partial charge in [-0.05, 0) is 131 Å². The molecule has 6 N–H and O–H groups in total. The Morgan fingerprint density at radius 2 is 0.759 bits per heavy atom. The third kappa shape index (κ3) is 13.0. The van der Waals surface area contributed by atoms with Gasteiger partial charge in [0.15, 0.2) is 34.2 Å². The Labute approximate surface area is 480 Å². The molecule has 2 saturated carbocycles. The summed E-state index contributed by atoms with van der Waals surface area (Å²) in [7, 11) is 0. The number of fused-ring (bicyclic) bond motifs is 3. The average Bonchev–Trinajstić information content (AvgIpc) is 3.21. The van der Waals surface area contributed by atoms with Crippen LogP contribution in [0.15, 0.2) is 123 Å². The van der Waals surface area contributed by atoms with Crippen LogP contribution in [-0.2, 0) is 47.8 Å². The number of rotatable bonds is 18. The molecule has 2 fully saturated rings. The highest BCUT2D eigenvalue weighted by Crippen LogP contribution is 2.31. The highest BCUT2D eigenvalue weighted by atomic mass is 35.5. The minimum atomic E-state index is 0.167. The molecule has 0 amide bonds. The Hall–Kier alpha value is -9.45. The van der Waals surface area contributed by atoms with Gasteiger partial charge < -0.3 is 39.9 Å². The van der Waals surface area contributed by atoms with Crippen molar-refractivity contribution in [2.45, 2.75) is 84.8 Å². The number of anilines is 3. The quantitative estimate of drug-likeness (QED) is 0.0674. The molecule has 422 valence electrons. The van der Waals surface area contributed by atoms with Crippen LogP contribution >= 0.6 is 11.6 Å². The van der Waals surface area contributed by atoms with Gasteiger partial charge in [0.05, 0.1) is 54.8 Å². The number of pyridine rings is 3. The first-order chi connectivity index (χ1) is 40.4. The molecule has 23 nitrogen and oxygen atoms in total. The SMILES string of the molecule is Cc1ccc(-c2nc(N)nc3c(Cc4cccc(CCl)n4)cnn23)o1.Cc1ccc(-c2nc(N)nc3c(Cc4cccc(COCC5CC5)n4)cnn23)o1.Cc1ccc(-c2nc(N)nc3c(Cc4cccc(COCC5CC5)n4)cnn23)o1. The molecular weight excluding hydrogens is 1080 g/mol. The van der Waals surface area contributed by atoms with Gasteiger partial charge in [-0.1, -0.05) is 18.2 Å². The number of hydrogen-bond donors (Lipinski definition) is 3. The van der Waals surface area contributed by atoms with Crippen LogP contribution < -0.4 is 17.2 Å². The van der Waals surface area contributed by atoms with Gasteiger partial charge in [0.1, 0.15) is 17.3 Å². The van der Waals surface area contributed by atoms with E-state index < -0.39 is 0 Å². The zero-order valence-electron chi connectivity index (χ0n) is 45.9. The molecule has 2 aliphatic carbocycles. The maximum Gasteiger partial charge on any atom is 0.224 e. The van der Waals surface area contributed by atoms with E-state index in [1.807, 2.05) is 112 Å². The van der Waals surface area contributed by atoms with E-state index in [1.165, 1.54) is 25.7 Å². The van der Waals surface area contributed by atoms with E-state index in [9.17, 15) is 0 Å². The topological polar surface area (TPSA) is 304 Å². The Kier molecular flexibility index (Phi) is 15.6. The summed E-state index contributed by atoms with van der Waals surface area (Å²) in [4.78, 5) is 40.0. The second-order valence-electron chi connectivity index (χ2n) is 20.6. The summed E-state index contributed by atoms with van der Waals surface area (Å²) in [5.74, 6) is 8.14. The molecule has 0 unspecified atom stereocenters. The van der Waals surface area contributed by atoms with Crippen LogP contribution in [0.5, 0.6) is 0 Å². The predicted octanol–water partition coefficient (Wildman–Crippen LogP) is 9.37. The summed E-state index contributed by atoms with van der Waals surface area (Å²) in [5, 5.41) is 13.3. The van der Waals surface area contributed by atoms with Crippen LogP contribution in [0.1, 0.15) is 93.8 Å². The van der Waals surface area contributed by atoms with Crippen LogP contribution in [-0.4, -0.2) is 86.9 Å². The molecule has 12 heterocycles. The van der Waals surface area contributed by atoms with Crippen molar-refractivity contribution in [3.05, 3.63) is 178 Å². The van der Waals surface area contributed by atoms with Crippen molar-refractivity contribution in [2.75, 3.05) is 30.4 Å². The molecule has 0 spiro atoms. The number of hydrogen-bond acceptors (Lipinski definition) is 20. The van der Waals surface area contributed by atoms with E-state index >= 15 is 0 Å². The molecule has 83 heavy (non-hydrogen) atoms. The first kappa shape index (κ1) is 54.2. The minimum Gasteiger partial charge on any atom is -0.458 e. The normalized spacial score (nSPS) is 13.2. The van der Waals surface area contributed by atoms with Gasteiger partial charge in [-0.15, -0.1) is 11.6 Å². The molecule has 0 aliphatic heterocycles. The third-order valence-electron chi connectivity index (χ3n) is 13.7. The number of ether oxygens (including phenoxy) is 2. The number of nitrogens with zero attached hydrogens (tertiary/aromatic N) is 15. The van der Waals surface area contributed by atoms with Gasteiger partial charge in [0, 0.05) is 66.2 Å². The number of halogens is 1. The summed E-state index contributed by atoms with van der Waals surface area (Å²) in [5.41, 5.74) is 27.9. The van der Waals surface area contributed by atoms with Crippen LogP contribution in [0.25, 0.3) is 51.7 Å². The van der Waals surface area contributed by atoms with Crippen molar-refractivity contribution in [2.24, 2.45) is 11.8 Å². The largest absolute Gasteiger partial charge is 0.458 e. The average molecular weight is 1140 g/mol. The molecule has 0 aromatic carbocycles. The van der Waals surface area contributed by atoms with Crippen LogP contribution in [0.3, 0.4) is 0 Å². The monoisotopic (exact) mass is 1130 g/mol.